The highest BCUT2D eigenvalue weighted by molar-refractivity contribution is 7.11. The van der Waals surface area contributed by atoms with E-state index in [0.717, 1.165) is 35.0 Å². The third-order valence-corrected chi connectivity index (χ3v) is 6.10. The summed E-state index contributed by atoms with van der Waals surface area (Å²) in [6.07, 6.45) is -0.912. The van der Waals surface area contributed by atoms with Gasteiger partial charge in [-0.3, -0.25) is 0 Å². The predicted octanol–water partition coefficient (Wildman–Crippen LogP) is 4.76. The highest BCUT2D eigenvalue weighted by Crippen LogP contribution is 2.38. The minimum Gasteiger partial charge on any atom is -0.662 e. The Morgan fingerprint density at radius 3 is 1.55 bits per heavy atom. The van der Waals surface area contributed by atoms with E-state index in [1.165, 1.54) is 42.0 Å². The number of hydrogen-bond donors (Lipinski definition) is 0. The van der Waals surface area contributed by atoms with E-state index < -0.39 is 6.35 Å². The lowest BCUT2D eigenvalue weighted by Gasteiger charge is -2.52. The fourth-order valence-corrected chi connectivity index (χ4v) is 4.74. The Labute approximate surface area is 169 Å². The molecule has 0 unspecified atom stereocenters. The Morgan fingerprint density at radius 1 is 0.690 bits per heavy atom. The molecule has 148 valence electrons. The quantitative estimate of drug-likeness (QED) is 0.445. The lowest BCUT2D eigenvalue weighted by molar-refractivity contribution is 0.0547. The smallest absolute Gasteiger partial charge is 0.377 e. The van der Waals surface area contributed by atoms with Gasteiger partial charge in [-0.05, 0) is 43.3 Å². The zero-order chi connectivity index (χ0) is 20.6. The molecule has 3 aromatic carbocycles. The maximum absolute atomic E-state index is 13.8. The largest absolute Gasteiger partial charge is 0.662 e. The Bertz CT molecular complexity index is 995. The van der Waals surface area contributed by atoms with Crippen LogP contribution in [-0.4, -0.2) is 20.1 Å². The Kier molecular flexibility index (Phi) is 5.09. The van der Waals surface area contributed by atoms with Crippen molar-refractivity contribution in [2.24, 2.45) is 0 Å². The number of rotatable bonds is 3. The van der Waals surface area contributed by atoms with Crippen LogP contribution in [0, 0.1) is 17.5 Å². The molecule has 0 aromatic heterocycles. The van der Waals surface area contributed by atoms with Crippen molar-refractivity contribution in [3.63, 3.8) is 0 Å². The molecule has 0 spiro atoms. The lowest BCUT2D eigenvalue weighted by Crippen LogP contribution is -2.68. The molecular weight excluding hydrogens is 372 g/mol. The minimum absolute atomic E-state index is 0.300. The third kappa shape index (κ3) is 3.30. The first-order chi connectivity index (χ1) is 13.9. The monoisotopic (exact) mass is 394 g/mol. The molecule has 1 aliphatic heterocycles. The highest BCUT2D eigenvalue weighted by Gasteiger charge is 2.48. The van der Waals surface area contributed by atoms with Crippen molar-refractivity contribution >= 4 is 22.7 Å². The molecule has 1 heterocycles. The van der Waals surface area contributed by atoms with Crippen LogP contribution in [0.15, 0.2) is 78.4 Å². The molecule has 0 N–H and O–H groups in total. The maximum Gasteiger partial charge on any atom is 0.377 e. The van der Waals surface area contributed by atoms with Crippen LogP contribution in [0.3, 0.4) is 0 Å². The molecule has 0 bridgehead atoms. The molecule has 1 nitrogen and oxygen atoms in total. The average Bonchev–Trinajstić information content (AvgIpc) is 2.72. The van der Waals surface area contributed by atoms with Crippen molar-refractivity contribution in [1.82, 2.24) is 0 Å². The summed E-state index contributed by atoms with van der Waals surface area (Å²) in [6.45, 7) is 2.81. The number of benzene rings is 3. The fourth-order valence-electron chi connectivity index (χ4n) is 4.74. The van der Waals surface area contributed by atoms with Crippen LogP contribution >= 0.6 is 0 Å². The van der Waals surface area contributed by atoms with E-state index in [1.54, 1.807) is 36.4 Å². The van der Waals surface area contributed by atoms with Crippen molar-refractivity contribution in [2.45, 2.75) is 13.3 Å². The van der Waals surface area contributed by atoms with E-state index in [0.29, 0.717) is 0 Å². The molecule has 0 saturated heterocycles. The van der Waals surface area contributed by atoms with Gasteiger partial charge < -0.3 is 4.28 Å². The summed E-state index contributed by atoms with van der Waals surface area (Å²) in [4.78, 5) is 0. The van der Waals surface area contributed by atoms with Crippen molar-refractivity contribution in [1.29, 1.82) is 0 Å². The third-order valence-electron chi connectivity index (χ3n) is 6.10. The zero-order valence-corrected chi connectivity index (χ0v) is 16.5. The molecule has 0 saturated carbocycles. The zero-order valence-electron chi connectivity index (χ0n) is 16.5. The molecular formula is C24H22BF3O. The first kappa shape index (κ1) is 19.5. The van der Waals surface area contributed by atoms with Gasteiger partial charge in [-0.1, -0.05) is 47.5 Å². The van der Waals surface area contributed by atoms with Crippen LogP contribution in [-0.2, 0) is 4.28 Å². The van der Waals surface area contributed by atoms with Crippen molar-refractivity contribution < 1.29 is 17.5 Å². The van der Waals surface area contributed by atoms with Crippen LogP contribution in [0.25, 0.3) is 5.47 Å². The summed E-state index contributed by atoms with van der Waals surface area (Å²) in [5.41, 5.74) is 4.93. The summed E-state index contributed by atoms with van der Waals surface area (Å²) in [7, 11) is 1.96. The van der Waals surface area contributed by atoms with E-state index in [2.05, 4.69) is 11.2 Å². The molecule has 29 heavy (non-hydrogen) atoms. The first-order valence-electron chi connectivity index (χ1n) is 9.68. The number of hydrogen-bond acceptors (Lipinski definition) is 0. The van der Waals surface area contributed by atoms with E-state index in [4.69, 9.17) is 0 Å². The van der Waals surface area contributed by atoms with Gasteiger partial charge >= 0.3 is 6.35 Å². The molecule has 3 aromatic rings. The van der Waals surface area contributed by atoms with Crippen LogP contribution in [0.2, 0.25) is 0 Å². The van der Waals surface area contributed by atoms with Gasteiger partial charge in [0.05, 0.1) is 7.11 Å². The summed E-state index contributed by atoms with van der Waals surface area (Å²) in [6, 6.07) is 19.4. The van der Waals surface area contributed by atoms with Crippen LogP contribution in [0.1, 0.15) is 18.9 Å². The van der Waals surface area contributed by atoms with Crippen molar-refractivity contribution in [2.75, 3.05) is 13.7 Å². The summed E-state index contributed by atoms with van der Waals surface area (Å²) in [5, 5.41) is 0. The molecule has 1 aliphatic rings. The second-order valence-corrected chi connectivity index (χ2v) is 7.74. The van der Waals surface area contributed by atoms with E-state index in [-0.39, 0.29) is 17.5 Å². The molecule has 0 atom stereocenters. The number of halogens is 3. The topological polar surface area (TPSA) is 2.70 Å². The molecule has 5 heteroatoms. The molecule has 0 radical (unpaired) electrons. The van der Waals surface area contributed by atoms with Gasteiger partial charge in [-0.2, -0.15) is 0 Å². The van der Waals surface area contributed by atoms with Gasteiger partial charge in [0.1, 0.15) is 24.1 Å². The minimum atomic E-state index is -1.74. The van der Waals surface area contributed by atoms with Crippen molar-refractivity contribution in [3.8, 4) is 0 Å². The maximum atomic E-state index is 13.8. The van der Waals surface area contributed by atoms with E-state index in [9.17, 15) is 13.2 Å². The van der Waals surface area contributed by atoms with Gasteiger partial charge in [0.25, 0.3) is 0 Å². The van der Waals surface area contributed by atoms with Crippen LogP contribution in [0.4, 0.5) is 13.2 Å². The molecule has 0 aliphatic carbocycles. The summed E-state index contributed by atoms with van der Waals surface area (Å²) >= 11 is 0. The average molecular weight is 394 g/mol. The predicted molar refractivity (Wildman–Crippen MR) is 113 cm³/mol. The second kappa shape index (κ2) is 7.56. The Hall–Kier alpha value is -2.79. The molecule has 0 amide bonds. The van der Waals surface area contributed by atoms with Gasteiger partial charge in [0.2, 0.25) is 0 Å². The molecule has 4 rings (SSSR count). The Balaban J connectivity index is 2.07. The normalized spacial score (nSPS) is 16.9. The lowest BCUT2D eigenvalue weighted by atomic mass is 9.25. The highest BCUT2D eigenvalue weighted by atomic mass is 19.1. The second-order valence-electron chi connectivity index (χ2n) is 7.74. The van der Waals surface area contributed by atoms with Gasteiger partial charge in [0, 0.05) is 6.42 Å². The summed E-state index contributed by atoms with van der Waals surface area (Å²) < 4.78 is 44.4. The van der Waals surface area contributed by atoms with Crippen LogP contribution in [0.5, 0.6) is 0 Å². The fraction of sp³-hybridized carbons (Fsp3) is 0.167. The van der Waals surface area contributed by atoms with E-state index in [1.807, 2.05) is 7.11 Å². The SMILES string of the molecule is CC1=C(c2ccc(F)cc2)[B-](c2ccc(F)cc2)(c2ccc(F)cc2)[O+](C)CC1. The standard InChI is InChI=1S/C24H22BF3O/c1-17-15-16-29(2)25(19-5-11-22(27)12-6-19,20-7-13-23(28)14-8-20)24(17)18-3-9-21(26)10-4-18/h3-14H,15-16H2,1-2H3. The van der Waals surface area contributed by atoms with Gasteiger partial charge in [-0.15, -0.1) is 16.4 Å². The van der Waals surface area contributed by atoms with Gasteiger partial charge in [0.15, 0.2) is 0 Å². The first-order valence-corrected chi connectivity index (χ1v) is 9.68. The van der Waals surface area contributed by atoms with Gasteiger partial charge in [-0.25, -0.2) is 13.2 Å². The molecule has 0 fully saturated rings. The van der Waals surface area contributed by atoms with E-state index >= 15 is 0 Å². The van der Waals surface area contributed by atoms with Crippen LogP contribution < -0.4 is 10.9 Å². The Morgan fingerprint density at radius 2 is 1.10 bits per heavy atom. The van der Waals surface area contributed by atoms with Crippen molar-refractivity contribution in [3.05, 3.63) is 101 Å². The summed E-state index contributed by atoms with van der Waals surface area (Å²) in [5.74, 6) is -0.928.